The van der Waals surface area contributed by atoms with Gasteiger partial charge in [-0.15, -0.1) is 0 Å². The summed E-state index contributed by atoms with van der Waals surface area (Å²) >= 11 is 0. The minimum absolute atomic E-state index is 0.105. The average Bonchev–Trinajstić information content (AvgIpc) is 2.62. The average molecular weight is 426 g/mol. The van der Waals surface area contributed by atoms with Gasteiger partial charge in [0.1, 0.15) is 30.0 Å². The van der Waals surface area contributed by atoms with Crippen molar-refractivity contribution in [1.82, 2.24) is 0 Å². The molecule has 1 fully saturated rings. The summed E-state index contributed by atoms with van der Waals surface area (Å²) in [6, 6.07) is 0. The Balaban J connectivity index is 2.52. The van der Waals surface area contributed by atoms with Gasteiger partial charge in [0.05, 0.1) is 6.61 Å². The van der Waals surface area contributed by atoms with Crippen LogP contribution in [0.25, 0.3) is 0 Å². The summed E-state index contributed by atoms with van der Waals surface area (Å²) in [5.74, 6) is -1.23. The summed E-state index contributed by atoms with van der Waals surface area (Å²) in [6.45, 7) is 6.22. The van der Waals surface area contributed by atoms with Crippen LogP contribution in [-0.4, -0.2) is 80.2 Å². The quantitative estimate of drug-likeness (QED) is 0.293. The van der Waals surface area contributed by atoms with Crippen LogP contribution in [0.2, 0.25) is 0 Å². The van der Waals surface area contributed by atoms with Crippen molar-refractivity contribution in [1.29, 1.82) is 0 Å². The molecule has 168 valence electrons. The molecule has 9 heteroatoms. The molecule has 0 spiro atoms. The predicted molar refractivity (Wildman–Crippen MR) is 105 cm³/mol. The minimum Gasteiger partial charge on any atom is -0.478 e. The molecule has 0 aromatic rings. The van der Waals surface area contributed by atoms with E-state index in [9.17, 15) is 30.0 Å². The molecule has 0 saturated carbocycles. The number of carbonyl (C=O) groups excluding carboxylic acids is 1. The third-order valence-electron chi connectivity index (χ3n) is 5.67. The molecule has 5 N–H and O–H groups in total. The van der Waals surface area contributed by atoms with Crippen LogP contribution in [0.3, 0.4) is 0 Å². The highest BCUT2D eigenvalue weighted by atomic mass is 16.7. The Hall–Kier alpha value is -1.88. The Morgan fingerprint density at radius 3 is 2.43 bits per heavy atom. The molecule has 6 atom stereocenters. The number of carboxylic acids is 1. The van der Waals surface area contributed by atoms with Crippen molar-refractivity contribution in [2.45, 2.75) is 70.4 Å². The van der Waals surface area contributed by atoms with Gasteiger partial charge in [-0.3, -0.25) is 4.79 Å². The molecule has 2 rings (SSSR count). The highest BCUT2D eigenvalue weighted by Crippen LogP contribution is 2.48. The predicted octanol–water partition coefficient (Wildman–Crippen LogP) is 0.0741. The van der Waals surface area contributed by atoms with Crippen molar-refractivity contribution in [3.05, 3.63) is 35.5 Å². The van der Waals surface area contributed by atoms with Crippen molar-refractivity contribution in [2.24, 2.45) is 5.41 Å². The third-order valence-corrected chi connectivity index (χ3v) is 5.67. The van der Waals surface area contributed by atoms with Crippen LogP contribution in [0.15, 0.2) is 35.5 Å². The van der Waals surface area contributed by atoms with E-state index in [1.165, 1.54) is 12.2 Å². The maximum Gasteiger partial charge on any atom is 0.328 e. The van der Waals surface area contributed by atoms with Gasteiger partial charge < -0.3 is 35.0 Å². The fourth-order valence-electron chi connectivity index (χ4n) is 3.99. The molecular weight excluding hydrogens is 396 g/mol. The Morgan fingerprint density at radius 2 is 1.90 bits per heavy atom. The number of rotatable bonds is 6. The largest absolute Gasteiger partial charge is 0.478 e. The monoisotopic (exact) mass is 426 g/mol. The summed E-state index contributed by atoms with van der Waals surface area (Å²) in [5.41, 5.74) is -1.22. The second-order valence-electron chi connectivity index (χ2n) is 8.47. The normalized spacial score (nSPS) is 37.3. The summed E-state index contributed by atoms with van der Waals surface area (Å²) in [5, 5.41) is 48.9. The number of hydrogen-bond acceptors (Lipinski definition) is 8. The molecule has 1 aliphatic heterocycles. The lowest BCUT2D eigenvalue weighted by atomic mass is 9.64. The van der Waals surface area contributed by atoms with E-state index in [4.69, 9.17) is 14.6 Å². The lowest BCUT2D eigenvalue weighted by molar-refractivity contribution is -0.326. The smallest absolute Gasteiger partial charge is 0.328 e. The fraction of sp³-hybridized carbons (Fsp3) is 0.619. The Morgan fingerprint density at radius 1 is 1.27 bits per heavy atom. The molecular formula is C21H30O9. The highest BCUT2D eigenvalue weighted by Gasteiger charge is 2.54. The van der Waals surface area contributed by atoms with Gasteiger partial charge in [-0.25, -0.2) is 4.79 Å². The standard InChI is InChI=1S/C21H30O9/c1-11(7-15(24)25)5-6-21(12(2)8-13(23)9-20(21,3)4)30-19-18(28)17(27)16(26)14(10-22)29-19/h5-8,14,16-19,22,26-28H,9-10H2,1-4H3,(H,24,25)/b6-5+,11-7-/t14-,16-,17+,18-,19+,21-/m1/s1. The van der Waals surface area contributed by atoms with Gasteiger partial charge in [0.15, 0.2) is 12.1 Å². The SMILES string of the molecule is CC1=CC(=O)CC(C)(C)[C@]1(/C=C/C(C)=C\C(=O)O)O[C@@H]1O[C@H](CO)[C@@H](O)[C@H](O)[C@H]1O. The van der Waals surface area contributed by atoms with Gasteiger partial charge in [-0.2, -0.15) is 0 Å². The van der Waals surface area contributed by atoms with E-state index in [1.54, 1.807) is 33.8 Å². The Kier molecular flexibility index (Phi) is 7.39. The molecule has 0 amide bonds. The van der Waals surface area contributed by atoms with Gasteiger partial charge in [0.2, 0.25) is 0 Å². The molecule has 1 heterocycles. The zero-order valence-electron chi connectivity index (χ0n) is 17.5. The third kappa shape index (κ3) is 4.72. The number of aliphatic hydroxyl groups excluding tert-OH is 4. The van der Waals surface area contributed by atoms with E-state index >= 15 is 0 Å². The highest BCUT2D eigenvalue weighted by molar-refractivity contribution is 5.93. The molecule has 0 aromatic carbocycles. The first-order valence-corrected chi connectivity index (χ1v) is 9.65. The van der Waals surface area contributed by atoms with Crippen molar-refractivity contribution in [3.8, 4) is 0 Å². The van der Waals surface area contributed by atoms with Crippen LogP contribution >= 0.6 is 0 Å². The van der Waals surface area contributed by atoms with E-state index < -0.39 is 54.3 Å². The maximum absolute atomic E-state index is 12.2. The first-order valence-electron chi connectivity index (χ1n) is 9.65. The molecule has 2 aliphatic rings. The number of aliphatic hydroxyl groups is 4. The van der Waals surface area contributed by atoms with Crippen molar-refractivity contribution >= 4 is 11.8 Å². The van der Waals surface area contributed by atoms with Crippen LogP contribution in [0.4, 0.5) is 0 Å². The number of carboxylic acid groups (broad SMARTS) is 1. The Labute approximate surface area is 174 Å². The molecule has 0 bridgehead atoms. The Bertz CT molecular complexity index is 764. The molecule has 0 radical (unpaired) electrons. The zero-order valence-corrected chi connectivity index (χ0v) is 17.5. The second kappa shape index (κ2) is 9.09. The van der Waals surface area contributed by atoms with Gasteiger partial charge in [-0.05, 0) is 37.1 Å². The molecule has 9 nitrogen and oxygen atoms in total. The number of hydrogen-bond donors (Lipinski definition) is 5. The van der Waals surface area contributed by atoms with Gasteiger partial charge in [-0.1, -0.05) is 19.9 Å². The summed E-state index contributed by atoms with van der Waals surface area (Å²) in [7, 11) is 0. The van der Waals surface area contributed by atoms with Crippen LogP contribution in [0, 0.1) is 5.41 Å². The van der Waals surface area contributed by atoms with Crippen LogP contribution in [-0.2, 0) is 19.1 Å². The number of ether oxygens (including phenoxy) is 2. The van der Waals surface area contributed by atoms with Gasteiger partial charge in [0, 0.05) is 17.9 Å². The van der Waals surface area contributed by atoms with Crippen molar-refractivity contribution in [3.63, 3.8) is 0 Å². The minimum atomic E-state index is -1.62. The fourth-order valence-corrected chi connectivity index (χ4v) is 3.99. The number of aliphatic carboxylic acids is 1. The molecule has 0 aromatic heterocycles. The van der Waals surface area contributed by atoms with Crippen LogP contribution < -0.4 is 0 Å². The van der Waals surface area contributed by atoms with Crippen LogP contribution in [0.5, 0.6) is 0 Å². The molecule has 1 aliphatic carbocycles. The number of carbonyl (C=O) groups is 2. The van der Waals surface area contributed by atoms with E-state index in [-0.39, 0.29) is 12.2 Å². The molecule has 0 unspecified atom stereocenters. The van der Waals surface area contributed by atoms with Gasteiger partial charge in [0.25, 0.3) is 0 Å². The van der Waals surface area contributed by atoms with Crippen molar-refractivity contribution < 1.29 is 44.6 Å². The lowest BCUT2D eigenvalue weighted by Gasteiger charge is -2.51. The lowest BCUT2D eigenvalue weighted by Crippen LogP contribution is -2.62. The second-order valence-corrected chi connectivity index (χ2v) is 8.47. The zero-order chi connectivity index (χ0) is 22.9. The van der Waals surface area contributed by atoms with E-state index in [1.807, 2.05) is 0 Å². The maximum atomic E-state index is 12.2. The number of ketones is 1. The summed E-state index contributed by atoms with van der Waals surface area (Å²) in [6.07, 6.45) is -1.69. The van der Waals surface area contributed by atoms with Crippen LogP contribution in [0.1, 0.15) is 34.1 Å². The van der Waals surface area contributed by atoms with E-state index in [2.05, 4.69) is 0 Å². The summed E-state index contributed by atoms with van der Waals surface area (Å²) in [4.78, 5) is 23.1. The van der Waals surface area contributed by atoms with E-state index in [0.29, 0.717) is 11.1 Å². The first-order chi connectivity index (χ1) is 13.8. The first kappa shape index (κ1) is 24.4. The molecule has 1 saturated heterocycles. The molecule has 30 heavy (non-hydrogen) atoms. The van der Waals surface area contributed by atoms with E-state index in [0.717, 1.165) is 6.08 Å². The van der Waals surface area contributed by atoms with Crippen molar-refractivity contribution in [2.75, 3.05) is 6.61 Å². The summed E-state index contributed by atoms with van der Waals surface area (Å²) < 4.78 is 11.7. The number of allylic oxidation sites excluding steroid dienone is 3. The van der Waals surface area contributed by atoms with Gasteiger partial charge >= 0.3 is 5.97 Å². The topological polar surface area (TPSA) is 154 Å².